The van der Waals surface area contributed by atoms with Crippen LogP contribution in [0.1, 0.15) is 42.4 Å². The van der Waals surface area contributed by atoms with Crippen LogP contribution < -0.4 is 24.8 Å². The summed E-state index contributed by atoms with van der Waals surface area (Å²) in [5.41, 5.74) is 5.28. The lowest BCUT2D eigenvalue weighted by Crippen LogP contribution is -2.31. The first-order valence-electron chi connectivity index (χ1n) is 15.3. The van der Waals surface area contributed by atoms with Crippen LogP contribution in [0.5, 0.6) is 17.2 Å². The van der Waals surface area contributed by atoms with Crippen LogP contribution in [0.25, 0.3) is 11.1 Å². The molecule has 1 saturated heterocycles. The normalized spacial score (nSPS) is 13.3. The number of aromatic nitrogens is 2. The van der Waals surface area contributed by atoms with Gasteiger partial charge in [0.25, 0.3) is 0 Å². The van der Waals surface area contributed by atoms with E-state index in [2.05, 4.69) is 25.5 Å². The number of likely N-dealkylation sites (tertiary alicyclic amines) is 1. The number of carbonyl (C=O) groups is 1. The molecule has 0 radical (unpaired) electrons. The SMILES string of the molecule is COc1cc(C)cc(-c2cccc(C)c2C)c1OC(=O)Nc1ccnc(Nc2ccc(OCCCN3CCCCC3)c(F)c2)n1. The number of rotatable bonds is 11. The van der Waals surface area contributed by atoms with Crippen molar-refractivity contribution in [1.82, 2.24) is 14.9 Å². The van der Waals surface area contributed by atoms with Crippen LogP contribution in [0.3, 0.4) is 0 Å². The molecule has 2 N–H and O–H groups in total. The summed E-state index contributed by atoms with van der Waals surface area (Å²) in [6.07, 6.45) is 5.37. The van der Waals surface area contributed by atoms with Gasteiger partial charge in [0.15, 0.2) is 23.1 Å². The Kier molecular flexibility index (Phi) is 10.5. The van der Waals surface area contributed by atoms with Crippen LogP contribution >= 0.6 is 0 Å². The summed E-state index contributed by atoms with van der Waals surface area (Å²) in [5, 5.41) is 5.63. The number of hydrogen-bond donors (Lipinski definition) is 2. The maximum Gasteiger partial charge on any atom is 0.418 e. The van der Waals surface area contributed by atoms with Gasteiger partial charge in [-0.1, -0.05) is 24.6 Å². The molecule has 0 bridgehead atoms. The molecule has 0 spiro atoms. The first-order valence-corrected chi connectivity index (χ1v) is 15.3. The van der Waals surface area contributed by atoms with Crippen molar-refractivity contribution in [3.05, 3.63) is 83.3 Å². The Balaban J connectivity index is 1.22. The van der Waals surface area contributed by atoms with Crippen molar-refractivity contribution >= 4 is 23.5 Å². The molecule has 0 saturated carbocycles. The maximum atomic E-state index is 14.8. The highest BCUT2D eigenvalue weighted by Crippen LogP contribution is 2.41. The smallest absolute Gasteiger partial charge is 0.418 e. The Labute approximate surface area is 263 Å². The van der Waals surface area contributed by atoms with Gasteiger partial charge >= 0.3 is 6.09 Å². The van der Waals surface area contributed by atoms with Gasteiger partial charge in [0.1, 0.15) is 5.82 Å². The molecule has 0 atom stereocenters. The summed E-state index contributed by atoms with van der Waals surface area (Å²) in [7, 11) is 1.53. The third-order valence-electron chi connectivity index (χ3n) is 7.91. The second-order valence-electron chi connectivity index (χ2n) is 11.2. The number of halogens is 1. The average Bonchev–Trinajstić information content (AvgIpc) is 3.03. The van der Waals surface area contributed by atoms with E-state index in [1.54, 1.807) is 12.1 Å². The molecule has 236 valence electrons. The van der Waals surface area contributed by atoms with Crippen molar-refractivity contribution < 1.29 is 23.4 Å². The first kappa shape index (κ1) is 31.7. The van der Waals surface area contributed by atoms with Crippen molar-refractivity contribution in [3.8, 4) is 28.4 Å². The minimum atomic E-state index is -0.749. The molecule has 45 heavy (non-hydrogen) atoms. The number of hydrogen-bond acceptors (Lipinski definition) is 8. The number of carbonyl (C=O) groups excluding carboxylic acids is 1. The Morgan fingerprint density at radius 1 is 0.978 bits per heavy atom. The maximum absolute atomic E-state index is 14.8. The molecule has 4 aromatic rings. The molecule has 0 aliphatic carbocycles. The molecule has 1 aliphatic heterocycles. The zero-order chi connectivity index (χ0) is 31.8. The average molecular weight is 614 g/mol. The number of nitrogens with zero attached hydrogens (tertiary/aromatic N) is 3. The molecule has 5 rings (SSSR count). The zero-order valence-electron chi connectivity index (χ0n) is 26.3. The number of aryl methyl sites for hydroxylation is 2. The van der Waals surface area contributed by atoms with Gasteiger partial charge in [-0.2, -0.15) is 4.98 Å². The summed E-state index contributed by atoms with van der Waals surface area (Å²) in [5.74, 6) is 0.818. The third-order valence-corrected chi connectivity index (χ3v) is 7.91. The predicted octanol–water partition coefficient (Wildman–Crippen LogP) is 7.83. The summed E-state index contributed by atoms with van der Waals surface area (Å²) in [6, 6.07) is 15.9. The van der Waals surface area contributed by atoms with Gasteiger partial charge in [-0.25, -0.2) is 14.2 Å². The highest BCUT2D eigenvalue weighted by molar-refractivity contribution is 5.88. The van der Waals surface area contributed by atoms with Gasteiger partial charge in [-0.05, 0) is 106 Å². The summed E-state index contributed by atoms with van der Waals surface area (Å²) < 4.78 is 31.9. The van der Waals surface area contributed by atoms with E-state index in [4.69, 9.17) is 14.2 Å². The highest BCUT2D eigenvalue weighted by Gasteiger charge is 2.20. The van der Waals surface area contributed by atoms with Crippen LogP contribution in [0.2, 0.25) is 0 Å². The molecule has 1 aliphatic rings. The summed E-state index contributed by atoms with van der Waals surface area (Å²) in [4.78, 5) is 24.1. The zero-order valence-corrected chi connectivity index (χ0v) is 26.3. The van der Waals surface area contributed by atoms with Crippen molar-refractivity contribution in [2.45, 2.75) is 46.5 Å². The largest absolute Gasteiger partial charge is 0.493 e. The Bertz CT molecular complexity index is 1640. The second kappa shape index (κ2) is 14.9. The van der Waals surface area contributed by atoms with E-state index in [1.807, 2.05) is 51.1 Å². The first-order chi connectivity index (χ1) is 21.8. The highest BCUT2D eigenvalue weighted by atomic mass is 19.1. The fourth-order valence-electron chi connectivity index (χ4n) is 5.43. The third kappa shape index (κ3) is 8.27. The Morgan fingerprint density at radius 3 is 2.58 bits per heavy atom. The quantitative estimate of drug-likeness (QED) is 0.165. The lowest BCUT2D eigenvalue weighted by atomic mass is 9.95. The molecule has 1 amide bonds. The number of amides is 1. The van der Waals surface area contributed by atoms with Crippen molar-refractivity contribution in [2.75, 3.05) is 44.0 Å². The summed E-state index contributed by atoms with van der Waals surface area (Å²) in [6.45, 7) is 9.70. The number of ether oxygens (including phenoxy) is 3. The van der Waals surface area contributed by atoms with Crippen LogP contribution in [0, 0.1) is 26.6 Å². The summed E-state index contributed by atoms with van der Waals surface area (Å²) >= 11 is 0. The van der Waals surface area contributed by atoms with E-state index in [1.165, 1.54) is 44.7 Å². The fourth-order valence-corrected chi connectivity index (χ4v) is 5.43. The minimum Gasteiger partial charge on any atom is -0.493 e. The van der Waals surface area contributed by atoms with Crippen molar-refractivity contribution in [2.24, 2.45) is 0 Å². The van der Waals surface area contributed by atoms with Crippen LogP contribution in [-0.4, -0.2) is 54.3 Å². The molecule has 9 nitrogen and oxygen atoms in total. The fraction of sp³-hybridized carbons (Fsp3) is 0.343. The van der Waals surface area contributed by atoms with Gasteiger partial charge < -0.3 is 24.4 Å². The molecule has 0 unspecified atom stereocenters. The lowest BCUT2D eigenvalue weighted by Gasteiger charge is -2.26. The predicted molar refractivity (Wildman–Crippen MR) is 174 cm³/mol. The Hall–Kier alpha value is -4.70. The Morgan fingerprint density at radius 2 is 1.80 bits per heavy atom. The number of methoxy groups -OCH3 is 1. The van der Waals surface area contributed by atoms with Crippen molar-refractivity contribution in [3.63, 3.8) is 0 Å². The number of piperidine rings is 1. The van der Waals surface area contributed by atoms with Gasteiger partial charge in [0.2, 0.25) is 5.95 Å². The molecule has 3 aromatic carbocycles. The van der Waals surface area contributed by atoms with Gasteiger partial charge in [0.05, 0.1) is 13.7 Å². The standard InChI is InChI=1S/C35H40FN5O4/c1-23-20-28(27-11-8-10-24(2)25(27)3)33(31(21-23)43-4)45-35(42)40-32-14-15-37-34(39-32)38-26-12-13-30(29(36)22-26)44-19-9-18-41-16-6-5-7-17-41/h8,10-15,20-22H,5-7,9,16-19H2,1-4H3,(H2,37,38,39,40,42). The molecule has 10 heteroatoms. The number of benzene rings is 3. The van der Waals surface area contributed by atoms with Crippen molar-refractivity contribution in [1.29, 1.82) is 0 Å². The molecular formula is C35H40FN5O4. The minimum absolute atomic E-state index is 0.173. The lowest BCUT2D eigenvalue weighted by molar-refractivity contribution is 0.203. The topological polar surface area (TPSA) is 97.8 Å². The van der Waals surface area contributed by atoms with Crippen LogP contribution in [-0.2, 0) is 0 Å². The van der Waals surface area contributed by atoms with Gasteiger partial charge in [0, 0.05) is 30.1 Å². The van der Waals surface area contributed by atoms with E-state index in [0.29, 0.717) is 23.8 Å². The van der Waals surface area contributed by atoms with Gasteiger partial charge in [-0.3, -0.25) is 5.32 Å². The molecule has 2 heterocycles. The molecule has 1 aromatic heterocycles. The number of nitrogens with one attached hydrogen (secondary N) is 2. The monoisotopic (exact) mass is 613 g/mol. The van der Waals surface area contributed by atoms with E-state index in [0.717, 1.165) is 53.9 Å². The molecule has 1 fully saturated rings. The van der Waals surface area contributed by atoms with E-state index >= 15 is 0 Å². The van der Waals surface area contributed by atoms with E-state index < -0.39 is 11.9 Å². The molecular weight excluding hydrogens is 573 g/mol. The van der Waals surface area contributed by atoms with E-state index in [-0.39, 0.29) is 17.5 Å². The van der Waals surface area contributed by atoms with Crippen LogP contribution in [0.4, 0.5) is 26.6 Å². The second-order valence-corrected chi connectivity index (χ2v) is 11.2. The van der Waals surface area contributed by atoms with E-state index in [9.17, 15) is 9.18 Å². The van der Waals surface area contributed by atoms with Crippen LogP contribution in [0.15, 0.2) is 60.8 Å². The number of anilines is 3. The van der Waals surface area contributed by atoms with Gasteiger partial charge in [-0.15, -0.1) is 0 Å².